The van der Waals surface area contributed by atoms with Crippen molar-refractivity contribution in [2.45, 2.75) is 0 Å². The zero-order chi connectivity index (χ0) is 16.4. The van der Waals surface area contributed by atoms with Crippen LogP contribution in [-0.4, -0.2) is 32.8 Å². The van der Waals surface area contributed by atoms with Gasteiger partial charge in [0.15, 0.2) is 5.82 Å². The molecular weight excluding hydrogens is 312 g/mol. The number of rotatable bonds is 3. The van der Waals surface area contributed by atoms with Crippen LogP contribution < -0.4 is 4.74 Å². The molecule has 0 radical (unpaired) electrons. The normalized spacial score (nSPS) is 10.5. The molecular formula is C16H14N4O2S. The summed E-state index contributed by atoms with van der Waals surface area (Å²) in [5.74, 6) is 1.43. The number of H-pyrrole nitrogens is 1. The van der Waals surface area contributed by atoms with Gasteiger partial charge in [0.2, 0.25) is 4.77 Å². The lowest BCUT2D eigenvalue weighted by atomic mass is 10.1. The fraction of sp³-hybridized carbons (Fsp3) is 0.0625. The highest BCUT2D eigenvalue weighted by molar-refractivity contribution is 7.71. The summed E-state index contributed by atoms with van der Waals surface area (Å²) in [4.78, 5) is 0. The first kappa shape index (κ1) is 15.0. The van der Waals surface area contributed by atoms with E-state index >= 15 is 0 Å². The molecule has 3 aromatic rings. The van der Waals surface area contributed by atoms with Crippen LogP contribution in [0.4, 0.5) is 0 Å². The van der Waals surface area contributed by atoms with Gasteiger partial charge in [-0.15, -0.1) is 0 Å². The van der Waals surface area contributed by atoms with Gasteiger partial charge in [0, 0.05) is 5.56 Å². The number of ether oxygens (including phenoxy) is 1. The lowest BCUT2D eigenvalue weighted by Gasteiger charge is -2.11. The second-order valence-corrected chi connectivity index (χ2v) is 5.17. The van der Waals surface area contributed by atoms with E-state index in [2.05, 4.69) is 10.2 Å². The standard InChI is InChI=1S/C16H14N4O2S/c1-22-13-5-3-2-4-12(13)15-18-19-16(23)20(15)14(17)10-6-8-11(21)9-7-10/h2-9,17,21H,1H3,(H,19,23). The van der Waals surface area contributed by atoms with Crippen molar-refractivity contribution in [3.05, 3.63) is 58.9 Å². The third-order valence-electron chi connectivity index (χ3n) is 3.38. The Balaban J connectivity index is 2.14. The number of benzene rings is 2. The Kier molecular flexibility index (Phi) is 3.94. The first-order valence-electron chi connectivity index (χ1n) is 6.81. The number of aromatic nitrogens is 3. The molecule has 23 heavy (non-hydrogen) atoms. The lowest BCUT2D eigenvalue weighted by molar-refractivity contribution is 0.416. The highest BCUT2D eigenvalue weighted by atomic mass is 32.1. The first-order valence-corrected chi connectivity index (χ1v) is 7.22. The van der Waals surface area contributed by atoms with Crippen LogP contribution in [0.5, 0.6) is 11.5 Å². The molecule has 0 spiro atoms. The molecule has 6 nitrogen and oxygen atoms in total. The average Bonchev–Trinajstić information content (AvgIpc) is 2.96. The highest BCUT2D eigenvalue weighted by Gasteiger charge is 2.17. The fourth-order valence-electron chi connectivity index (χ4n) is 2.26. The van der Waals surface area contributed by atoms with Gasteiger partial charge in [-0.05, 0) is 48.6 Å². The van der Waals surface area contributed by atoms with Crippen LogP contribution in [0.1, 0.15) is 5.56 Å². The Bertz CT molecular complexity index is 912. The maximum Gasteiger partial charge on any atom is 0.201 e. The van der Waals surface area contributed by atoms with Gasteiger partial charge >= 0.3 is 0 Å². The van der Waals surface area contributed by atoms with E-state index < -0.39 is 0 Å². The zero-order valence-electron chi connectivity index (χ0n) is 12.3. The van der Waals surface area contributed by atoms with E-state index in [9.17, 15) is 5.11 Å². The monoisotopic (exact) mass is 326 g/mol. The number of aromatic amines is 1. The molecule has 2 aromatic carbocycles. The summed E-state index contributed by atoms with van der Waals surface area (Å²) >= 11 is 5.27. The molecule has 1 heterocycles. The van der Waals surface area contributed by atoms with Crippen molar-refractivity contribution in [2.24, 2.45) is 0 Å². The van der Waals surface area contributed by atoms with Crippen molar-refractivity contribution in [1.29, 1.82) is 5.41 Å². The molecule has 0 bridgehead atoms. The van der Waals surface area contributed by atoms with Crippen LogP contribution in [0.25, 0.3) is 11.4 Å². The number of phenolic OH excluding ortho intramolecular Hbond substituents is 1. The van der Waals surface area contributed by atoms with E-state index in [4.69, 9.17) is 22.4 Å². The predicted molar refractivity (Wildman–Crippen MR) is 89.7 cm³/mol. The third kappa shape index (κ3) is 2.74. The zero-order valence-corrected chi connectivity index (χ0v) is 13.1. The Morgan fingerprint density at radius 3 is 2.61 bits per heavy atom. The van der Waals surface area contributed by atoms with Crippen LogP contribution >= 0.6 is 12.2 Å². The SMILES string of the molecule is COc1ccccc1-c1n[nH]c(=S)n1C(=N)c1ccc(O)cc1. The molecule has 0 saturated heterocycles. The van der Waals surface area contributed by atoms with Gasteiger partial charge in [0.05, 0.1) is 12.7 Å². The van der Waals surface area contributed by atoms with Crippen molar-refractivity contribution in [1.82, 2.24) is 14.8 Å². The average molecular weight is 326 g/mol. The maximum absolute atomic E-state index is 9.39. The van der Waals surface area contributed by atoms with Gasteiger partial charge in [-0.25, -0.2) is 0 Å². The number of aromatic hydroxyl groups is 1. The van der Waals surface area contributed by atoms with Gasteiger partial charge < -0.3 is 9.84 Å². The number of nitrogens with one attached hydrogen (secondary N) is 2. The molecule has 3 rings (SSSR count). The number of methoxy groups -OCH3 is 1. The highest BCUT2D eigenvalue weighted by Crippen LogP contribution is 2.28. The molecule has 0 amide bonds. The van der Waals surface area contributed by atoms with Gasteiger partial charge in [0.1, 0.15) is 17.3 Å². The minimum absolute atomic E-state index is 0.141. The summed E-state index contributed by atoms with van der Waals surface area (Å²) < 4.78 is 7.20. The number of phenols is 1. The fourth-order valence-corrected chi connectivity index (χ4v) is 2.49. The summed E-state index contributed by atoms with van der Waals surface area (Å²) in [7, 11) is 1.58. The van der Waals surface area contributed by atoms with E-state index in [1.165, 1.54) is 16.7 Å². The summed E-state index contributed by atoms with van der Waals surface area (Å²) in [5, 5.41) is 24.8. The van der Waals surface area contributed by atoms with Gasteiger partial charge in [-0.3, -0.25) is 15.1 Å². The van der Waals surface area contributed by atoms with Crippen LogP contribution in [0.15, 0.2) is 48.5 Å². The molecule has 0 aliphatic heterocycles. The Morgan fingerprint density at radius 2 is 1.91 bits per heavy atom. The second-order valence-electron chi connectivity index (χ2n) is 4.78. The van der Waals surface area contributed by atoms with Crippen LogP contribution in [0.3, 0.4) is 0 Å². The summed E-state index contributed by atoms with van der Waals surface area (Å²) in [6, 6.07) is 13.7. The van der Waals surface area contributed by atoms with Crippen LogP contribution in [0, 0.1) is 10.2 Å². The van der Waals surface area contributed by atoms with Crippen molar-refractivity contribution in [2.75, 3.05) is 7.11 Å². The minimum atomic E-state index is 0.141. The van der Waals surface area contributed by atoms with Crippen LogP contribution in [-0.2, 0) is 0 Å². The Morgan fingerprint density at radius 1 is 1.22 bits per heavy atom. The molecule has 3 N–H and O–H groups in total. The van der Waals surface area contributed by atoms with E-state index in [1.54, 1.807) is 19.2 Å². The maximum atomic E-state index is 9.39. The van der Waals surface area contributed by atoms with Crippen molar-refractivity contribution < 1.29 is 9.84 Å². The summed E-state index contributed by atoms with van der Waals surface area (Å²) in [6.07, 6.45) is 0. The molecule has 0 aliphatic rings. The summed E-state index contributed by atoms with van der Waals surface area (Å²) in [5.41, 5.74) is 1.34. The van der Waals surface area contributed by atoms with Crippen LogP contribution in [0.2, 0.25) is 0 Å². The third-order valence-corrected chi connectivity index (χ3v) is 3.66. The van der Waals surface area contributed by atoms with E-state index in [1.807, 2.05) is 24.3 Å². The Labute approximate surface area is 137 Å². The molecule has 0 saturated carbocycles. The van der Waals surface area contributed by atoms with Gasteiger partial charge in [0.25, 0.3) is 0 Å². The van der Waals surface area contributed by atoms with E-state index in [0.29, 0.717) is 21.9 Å². The van der Waals surface area contributed by atoms with Crippen molar-refractivity contribution in [3.8, 4) is 22.9 Å². The Hall–Kier alpha value is -2.93. The van der Waals surface area contributed by atoms with E-state index in [0.717, 1.165) is 5.56 Å². The quantitative estimate of drug-likeness (QED) is 0.392. The molecule has 1 aromatic heterocycles. The summed E-state index contributed by atoms with van der Waals surface area (Å²) in [6.45, 7) is 0. The van der Waals surface area contributed by atoms with E-state index in [-0.39, 0.29) is 11.6 Å². The molecule has 0 fully saturated rings. The molecule has 116 valence electrons. The number of hydrogen-bond donors (Lipinski definition) is 3. The van der Waals surface area contributed by atoms with Gasteiger partial charge in [-0.1, -0.05) is 12.1 Å². The molecule has 0 atom stereocenters. The lowest BCUT2D eigenvalue weighted by Crippen LogP contribution is -2.14. The largest absolute Gasteiger partial charge is 0.508 e. The minimum Gasteiger partial charge on any atom is -0.508 e. The smallest absolute Gasteiger partial charge is 0.201 e. The van der Waals surface area contributed by atoms with Crippen molar-refractivity contribution in [3.63, 3.8) is 0 Å². The predicted octanol–water partition coefficient (Wildman–Crippen LogP) is 3.20. The van der Waals surface area contributed by atoms with Crippen molar-refractivity contribution >= 4 is 18.1 Å². The van der Waals surface area contributed by atoms with Gasteiger partial charge in [-0.2, -0.15) is 5.10 Å². The molecule has 0 unspecified atom stereocenters. The first-order chi connectivity index (χ1) is 11.1. The molecule has 0 aliphatic carbocycles. The number of nitrogens with zero attached hydrogens (tertiary/aromatic N) is 2. The number of para-hydroxylation sites is 1. The second kappa shape index (κ2) is 6.05. The molecule has 7 heteroatoms. The topological polar surface area (TPSA) is 86.9 Å². The number of hydrogen-bond acceptors (Lipinski definition) is 5.